The molecular formula is C15H19BrClF. The van der Waals surface area contributed by atoms with Crippen molar-refractivity contribution < 1.29 is 4.39 Å². The quantitative estimate of drug-likeness (QED) is 0.631. The van der Waals surface area contributed by atoms with E-state index in [1.807, 2.05) is 6.07 Å². The van der Waals surface area contributed by atoms with E-state index in [1.165, 1.54) is 31.7 Å². The van der Waals surface area contributed by atoms with Crippen LogP contribution in [0.2, 0.25) is 5.02 Å². The zero-order valence-corrected chi connectivity index (χ0v) is 13.0. The average Bonchev–Trinajstić information content (AvgIpc) is 2.37. The van der Waals surface area contributed by atoms with E-state index < -0.39 is 0 Å². The van der Waals surface area contributed by atoms with Gasteiger partial charge >= 0.3 is 0 Å². The van der Waals surface area contributed by atoms with Gasteiger partial charge in [-0.1, -0.05) is 53.0 Å². The van der Waals surface area contributed by atoms with Gasteiger partial charge in [-0.05, 0) is 49.1 Å². The van der Waals surface area contributed by atoms with Crippen LogP contribution < -0.4 is 0 Å². The third-order valence-corrected chi connectivity index (χ3v) is 5.72. The highest BCUT2D eigenvalue weighted by molar-refractivity contribution is 9.09. The minimum Gasteiger partial charge on any atom is -0.205 e. The van der Waals surface area contributed by atoms with E-state index in [4.69, 9.17) is 11.6 Å². The maximum Gasteiger partial charge on any atom is 0.142 e. The monoisotopic (exact) mass is 332 g/mol. The molecule has 0 nitrogen and oxygen atoms in total. The van der Waals surface area contributed by atoms with Crippen LogP contribution in [-0.2, 0) is 6.42 Å². The summed E-state index contributed by atoms with van der Waals surface area (Å²) in [7, 11) is 0. The van der Waals surface area contributed by atoms with Gasteiger partial charge in [-0.3, -0.25) is 0 Å². The number of alkyl halides is 1. The zero-order valence-electron chi connectivity index (χ0n) is 10.6. The predicted molar refractivity (Wildman–Crippen MR) is 79.0 cm³/mol. The van der Waals surface area contributed by atoms with Gasteiger partial charge in [-0.2, -0.15) is 0 Å². The zero-order chi connectivity index (χ0) is 13.1. The van der Waals surface area contributed by atoms with Crippen LogP contribution in [0.25, 0.3) is 0 Å². The summed E-state index contributed by atoms with van der Waals surface area (Å²) in [6.45, 7) is 2.26. The molecule has 3 heteroatoms. The SMILES string of the molecule is CCC1CCC(Br)C(Cc2cccc(F)c2Cl)C1. The summed E-state index contributed by atoms with van der Waals surface area (Å²) in [6.07, 6.45) is 5.87. The van der Waals surface area contributed by atoms with Crippen molar-refractivity contribution >= 4 is 27.5 Å². The van der Waals surface area contributed by atoms with E-state index in [0.29, 0.717) is 15.8 Å². The number of halogens is 3. The summed E-state index contributed by atoms with van der Waals surface area (Å²) in [5.41, 5.74) is 0.947. The Morgan fingerprint density at radius 3 is 2.89 bits per heavy atom. The fraction of sp³-hybridized carbons (Fsp3) is 0.600. The number of hydrogen-bond acceptors (Lipinski definition) is 0. The highest BCUT2D eigenvalue weighted by atomic mass is 79.9. The minimum absolute atomic E-state index is 0.302. The lowest BCUT2D eigenvalue weighted by molar-refractivity contribution is 0.271. The third kappa shape index (κ3) is 3.27. The lowest BCUT2D eigenvalue weighted by atomic mass is 9.77. The average molecular weight is 334 g/mol. The number of rotatable bonds is 3. The smallest absolute Gasteiger partial charge is 0.142 e. The summed E-state index contributed by atoms with van der Waals surface area (Å²) in [5.74, 6) is 1.09. The Balaban J connectivity index is 2.09. The highest BCUT2D eigenvalue weighted by Crippen LogP contribution is 2.38. The van der Waals surface area contributed by atoms with E-state index in [9.17, 15) is 4.39 Å². The van der Waals surface area contributed by atoms with Crippen LogP contribution in [0.4, 0.5) is 4.39 Å². The second-order valence-electron chi connectivity index (χ2n) is 5.28. The van der Waals surface area contributed by atoms with Gasteiger partial charge in [-0.15, -0.1) is 0 Å². The lowest BCUT2D eigenvalue weighted by Gasteiger charge is -2.33. The molecule has 0 spiro atoms. The molecule has 2 rings (SSSR count). The minimum atomic E-state index is -0.303. The number of hydrogen-bond donors (Lipinski definition) is 0. The van der Waals surface area contributed by atoms with Crippen molar-refractivity contribution in [3.8, 4) is 0 Å². The Hall–Kier alpha value is -0.0800. The van der Waals surface area contributed by atoms with Gasteiger partial charge in [0.15, 0.2) is 0 Å². The van der Waals surface area contributed by atoms with Gasteiger partial charge in [-0.25, -0.2) is 4.39 Å². The summed E-state index contributed by atoms with van der Waals surface area (Å²) in [5, 5.41) is 0.302. The molecule has 0 saturated heterocycles. The molecule has 100 valence electrons. The van der Waals surface area contributed by atoms with Gasteiger partial charge < -0.3 is 0 Å². The van der Waals surface area contributed by atoms with E-state index in [1.54, 1.807) is 6.07 Å². The molecule has 0 radical (unpaired) electrons. The molecule has 1 fully saturated rings. The first-order valence-corrected chi connectivity index (χ1v) is 7.98. The molecule has 1 aromatic carbocycles. The van der Waals surface area contributed by atoms with E-state index in [2.05, 4.69) is 22.9 Å². The second-order valence-corrected chi connectivity index (χ2v) is 6.83. The van der Waals surface area contributed by atoms with Crippen molar-refractivity contribution in [1.82, 2.24) is 0 Å². The Morgan fingerprint density at radius 2 is 2.17 bits per heavy atom. The molecule has 1 aromatic rings. The van der Waals surface area contributed by atoms with Crippen molar-refractivity contribution in [2.24, 2.45) is 11.8 Å². The molecule has 0 bridgehead atoms. The van der Waals surface area contributed by atoms with Crippen LogP contribution in [0.5, 0.6) is 0 Å². The van der Waals surface area contributed by atoms with Gasteiger partial charge in [0.05, 0.1) is 5.02 Å². The molecule has 1 aliphatic carbocycles. The van der Waals surface area contributed by atoms with Crippen molar-refractivity contribution in [3.05, 3.63) is 34.6 Å². The third-order valence-electron chi connectivity index (χ3n) is 4.09. The lowest BCUT2D eigenvalue weighted by Crippen LogP contribution is -2.26. The molecule has 1 saturated carbocycles. The molecule has 0 N–H and O–H groups in total. The largest absolute Gasteiger partial charge is 0.205 e. The Bertz CT molecular complexity index is 407. The molecule has 1 aliphatic rings. The van der Waals surface area contributed by atoms with Gasteiger partial charge in [0.25, 0.3) is 0 Å². The van der Waals surface area contributed by atoms with Crippen molar-refractivity contribution in [2.75, 3.05) is 0 Å². The van der Waals surface area contributed by atoms with Crippen LogP contribution >= 0.6 is 27.5 Å². The fourth-order valence-electron chi connectivity index (χ4n) is 2.89. The van der Waals surface area contributed by atoms with Crippen molar-refractivity contribution in [3.63, 3.8) is 0 Å². The summed E-state index contributed by atoms with van der Waals surface area (Å²) in [4.78, 5) is 0.541. The molecule has 18 heavy (non-hydrogen) atoms. The Labute approximate surface area is 122 Å². The highest BCUT2D eigenvalue weighted by Gasteiger charge is 2.28. The Kier molecular flexibility index (Phi) is 5.08. The number of benzene rings is 1. The van der Waals surface area contributed by atoms with Crippen LogP contribution in [0, 0.1) is 17.7 Å². The van der Waals surface area contributed by atoms with Crippen molar-refractivity contribution in [1.29, 1.82) is 0 Å². The van der Waals surface area contributed by atoms with Gasteiger partial charge in [0.1, 0.15) is 5.82 Å². The van der Waals surface area contributed by atoms with Crippen LogP contribution in [0.1, 0.15) is 38.2 Å². The van der Waals surface area contributed by atoms with Crippen LogP contribution in [0.3, 0.4) is 0 Å². The van der Waals surface area contributed by atoms with E-state index in [-0.39, 0.29) is 5.82 Å². The van der Waals surface area contributed by atoms with Crippen LogP contribution in [0.15, 0.2) is 18.2 Å². The van der Waals surface area contributed by atoms with Gasteiger partial charge in [0.2, 0.25) is 0 Å². The molecule has 0 aliphatic heterocycles. The maximum absolute atomic E-state index is 13.4. The second kappa shape index (κ2) is 6.38. The molecule has 3 atom stereocenters. The Morgan fingerprint density at radius 1 is 1.39 bits per heavy atom. The molecular weight excluding hydrogens is 315 g/mol. The summed E-state index contributed by atoms with van der Waals surface area (Å²) in [6, 6.07) is 5.12. The van der Waals surface area contributed by atoms with Gasteiger partial charge in [0, 0.05) is 4.83 Å². The summed E-state index contributed by atoms with van der Waals surface area (Å²) < 4.78 is 13.4. The molecule has 0 heterocycles. The fourth-order valence-corrected chi connectivity index (χ4v) is 3.77. The maximum atomic E-state index is 13.4. The first kappa shape index (κ1) is 14.3. The van der Waals surface area contributed by atoms with Crippen LogP contribution in [-0.4, -0.2) is 4.83 Å². The topological polar surface area (TPSA) is 0 Å². The molecule has 0 aromatic heterocycles. The molecule has 3 unspecified atom stereocenters. The van der Waals surface area contributed by atoms with E-state index >= 15 is 0 Å². The summed E-state index contributed by atoms with van der Waals surface area (Å²) >= 11 is 9.82. The standard InChI is InChI=1S/C15H19BrClF/c1-2-10-6-7-13(16)12(8-10)9-11-4-3-5-14(18)15(11)17/h3-5,10,12-13H,2,6-9H2,1H3. The first-order chi connectivity index (χ1) is 8.61. The van der Waals surface area contributed by atoms with Crippen molar-refractivity contribution in [2.45, 2.75) is 43.9 Å². The first-order valence-electron chi connectivity index (χ1n) is 6.68. The van der Waals surface area contributed by atoms with E-state index in [0.717, 1.165) is 17.9 Å². The normalized spacial score (nSPS) is 28.3. The predicted octanol–water partition coefficient (Wildman–Crippen LogP) is 5.61. The molecule has 0 amide bonds.